The average Bonchev–Trinajstić information content (AvgIpc) is 3.05. The third-order valence-corrected chi connectivity index (χ3v) is 4.54. The minimum Gasteiger partial charge on any atom is -0.436 e. The van der Waals surface area contributed by atoms with Crippen LogP contribution in [-0.4, -0.2) is 10.9 Å². The van der Waals surface area contributed by atoms with E-state index in [0.717, 1.165) is 22.3 Å². The van der Waals surface area contributed by atoms with Crippen LogP contribution in [0, 0.1) is 20.8 Å². The number of amides is 1. The molecule has 0 saturated heterocycles. The van der Waals surface area contributed by atoms with Crippen molar-refractivity contribution in [2.45, 2.75) is 20.8 Å². The lowest BCUT2D eigenvalue weighted by molar-refractivity contribution is 0.102. The summed E-state index contributed by atoms with van der Waals surface area (Å²) in [6, 6.07) is 19.3. The number of nitrogens with zero attached hydrogens (tertiary/aromatic N) is 1. The van der Waals surface area contributed by atoms with Gasteiger partial charge in [0.05, 0.1) is 0 Å². The molecule has 1 amide bonds. The number of carbonyl (C=O) groups excluding carboxylic acids is 1. The minimum atomic E-state index is -0.130. The smallest absolute Gasteiger partial charge is 0.255 e. The van der Waals surface area contributed by atoms with Crippen molar-refractivity contribution in [3.63, 3.8) is 0 Å². The van der Waals surface area contributed by atoms with E-state index in [-0.39, 0.29) is 5.91 Å². The number of hydrogen-bond acceptors (Lipinski definition) is 3. The Morgan fingerprint density at radius 2 is 1.74 bits per heavy atom. The van der Waals surface area contributed by atoms with Crippen LogP contribution in [0.4, 0.5) is 5.69 Å². The molecule has 0 fully saturated rings. The molecule has 27 heavy (non-hydrogen) atoms. The second kappa shape index (κ2) is 6.72. The molecule has 4 heteroatoms. The van der Waals surface area contributed by atoms with Crippen molar-refractivity contribution in [2.24, 2.45) is 0 Å². The molecule has 0 aliphatic heterocycles. The Morgan fingerprint density at radius 1 is 0.926 bits per heavy atom. The lowest BCUT2D eigenvalue weighted by Crippen LogP contribution is -2.13. The van der Waals surface area contributed by atoms with Crippen molar-refractivity contribution >= 4 is 22.7 Å². The maximum atomic E-state index is 12.6. The van der Waals surface area contributed by atoms with Gasteiger partial charge in [0.1, 0.15) is 5.52 Å². The van der Waals surface area contributed by atoms with Crippen LogP contribution < -0.4 is 5.32 Å². The van der Waals surface area contributed by atoms with Gasteiger partial charge < -0.3 is 9.73 Å². The third kappa shape index (κ3) is 3.47. The lowest BCUT2D eigenvalue weighted by atomic mass is 10.1. The number of carbonyl (C=O) groups is 1. The summed E-state index contributed by atoms with van der Waals surface area (Å²) >= 11 is 0. The van der Waals surface area contributed by atoms with Crippen LogP contribution in [0.2, 0.25) is 0 Å². The molecule has 0 spiro atoms. The highest BCUT2D eigenvalue weighted by Gasteiger charge is 2.12. The number of anilines is 1. The van der Waals surface area contributed by atoms with Crippen molar-refractivity contribution in [2.75, 3.05) is 5.32 Å². The van der Waals surface area contributed by atoms with Crippen molar-refractivity contribution in [1.82, 2.24) is 4.98 Å². The highest BCUT2D eigenvalue weighted by atomic mass is 16.3. The fraction of sp³-hybridized carbons (Fsp3) is 0.130. The van der Waals surface area contributed by atoms with Crippen LogP contribution in [0.5, 0.6) is 0 Å². The van der Waals surface area contributed by atoms with Crippen molar-refractivity contribution in [3.05, 3.63) is 82.9 Å². The molecule has 134 valence electrons. The Kier molecular flexibility index (Phi) is 4.24. The van der Waals surface area contributed by atoms with Crippen LogP contribution in [0.3, 0.4) is 0 Å². The maximum Gasteiger partial charge on any atom is 0.255 e. The van der Waals surface area contributed by atoms with Gasteiger partial charge in [-0.1, -0.05) is 35.4 Å². The third-order valence-electron chi connectivity index (χ3n) is 4.54. The second-order valence-corrected chi connectivity index (χ2v) is 6.84. The summed E-state index contributed by atoms with van der Waals surface area (Å²) in [7, 11) is 0. The molecule has 0 aliphatic rings. The molecule has 0 radical (unpaired) electrons. The molecule has 1 aromatic heterocycles. The quantitative estimate of drug-likeness (QED) is 0.514. The van der Waals surface area contributed by atoms with E-state index in [9.17, 15) is 4.79 Å². The number of fused-ring (bicyclic) bond motifs is 1. The van der Waals surface area contributed by atoms with E-state index in [4.69, 9.17) is 4.42 Å². The molecule has 0 bridgehead atoms. The highest BCUT2D eigenvalue weighted by Crippen LogP contribution is 2.27. The van der Waals surface area contributed by atoms with Gasteiger partial charge in [-0.3, -0.25) is 4.79 Å². The molecule has 4 aromatic rings. The fourth-order valence-electron chi connectivity index (χ4n) is 3.17. The summed E-state index contributed by atoms with van der Waals surface area (Å²) in [5.74, 6) is 0.445. The summed E-state index contributed by atoms with van der Waals surface area (Å²) in [6.07, 6.45) is 0. The summed E-state index contributed by atoms with van der Waals surface area (Å²) in [5.41, 5.74) is 6.94. The second-order valence-electron chi connectivity index (χ2n) is 6.84. The number of hydrogen-bond donors (Lipinski definition) is 1. The van der Waals surface area contributed by atoms with Crippen LogP contribution in [0.25, 0.3) is 22.6 Å². The molecule has 4 rings (SSSR count). The summed E-state index contributed by atoms with van der Waals surface area (Å²) < 4.78 is 5.86. The first kappa shape index (κ1) is 17.0. The van der Waals surface area contributed by atoms with Crippen LogP contribution >= 0.6 is 0 Å². The molecular formula is C23H20N2O2. The van der Waals surface area contributed by atoms with Gasteiger partial charge in [0.25, 0.3) is 5.91 Å². The van der Waals surface area contributed by atoms with E-state index < -0.39 is 0 Å². The van der Waals surface area contributed by atoms with Gasteiger partial charge in [-0.05, 0) is 62.7 Å². The van der Waals surface area contributed by atoms with Crippen LogP contribution in [-0.2, 0) is 0 Å². The number of rotatable bonds is 3. The van der Waals surface area contributed by atoms with E-state index in [1.165, 1.54) is 0 Å². The zero-order chi connectivity index (χ0) is 19.0. The van der Waals surface area contributed by atoms with E-state index >= 15 is 0 Å². The number of aryl methyl sites for hydroxylation is 3. The average molecular weight is 356 g/mol. The Balaban J connectivity index is 1.62. The van der Waals surface area contributed by atoms with Crippen molar-refractivity contribution < 1.29 is 9.21 Å². The van der Waals surface area contributed by atoms with Gasteiger partial charge in [0, 0.05) is 16.8 Å². The monoisotopic (exact) mass is 356 g/mol. The van der Waals surface area contributed by atoms with Gasteiger partial charge in [0.2, 0.25) is 5.89 Å². The summed E-state index contributed by atoms with van der Waals surface area (Å²) in [5, 5.41) is 2.95. The zero-order valence-corrected chi connectivity index (χ0v) is 15.5. The molecule has 0 unspecified atom stereocenters. The Hall–Kier alpha value is -3.40. The molecule has 4 nitrogen and oxygen atoms in total. The van der Waals surface area contributed by atoms with Gasteiger partial charge in [-0.2, -0.15) is 0 Å². The predicted octanol–water partition coefficient (Wildman–Crippen LogP) is 5.67. The van der Waals surface area contributed by atoms with Crippen molar-refractivity contribution in [1.29, 1.82) is 0 Å². The first-order chi connectivity index (χ1) is 13.0. The number of aromatic nitrogens is 1. The topological polar surface area (TPSA) is 55.1 Å². The van der Waals surface area contributed by atoms with Gasteiger partial charge in [-0.15, -0.1) is 0 Å². The van der Waals surface area contributed by atoms with Gasteiger partial charge in [-0.25, -0.2) is 4.98 Å². The number of oxazole rings is 1. The zero-order valence-electron chi connectivity index (χ0n) is 15.5. The molecular weight excluding hydrogens is 336 g/mol. The Bertz CT molecular complexity index is 1160. The normalized spacial score (nSPS) is 10.9. The highest BCUT2D eigenvalue weighted by molar-refractivity contribution is 6.05. The standard InChI is InChI=1S/C23H20N2O2/c1-14-5-4-6-17(12-14)23-25-20-13-18(8-10-21(20)27-23)24-22(26)19-9-7-15(2)11-16(19)3/h4-13H,1-3H3,(H,24,26). The molecule has 0 atom stereocenters. The molecule has 0 saturated carbocycles. The Labute approximate surface area is 157 Å². The van der Waals surface area contributed by atoms with E-state index in [2.05, 4.69) is 10.3 Å². The molecule has 0 aliphatic carbocycles. The molecule has 1 N–H and O–H groups in total. The maximum absolute atomic E-state index is 12.6. The molecule has 1 heterocycles. The van der Waals surface area contributed by atoms with Gasteiger partial charge >= 0.3 is 0 Å². The van der Waals surface area contributed by atoms with E-state index in [1.807, 2.05) is 81.4 Å². The first-order valence-electron chi connectivity index (χ1n) is 8.86. The SMILES string of the molecule is Cc1cccc(-c2nc3cc(NC(=O)c4ccc(C)cc4C)ccc3o2)c1. The summed E-state index contributed by atoms with van der Waals surface area (Å²) in [4.78, 5) is 17.2. The van der Waals surface area contributed by atoms with Crippen molar-refractivity contribution in [3.8, 4) is 11.5 Å². The van der Waals surface area contributed by atoms with Crippen LogP contribution in [0.1, 0.15) is 27.0 Å². The lowest BCUT2D eigenvalue weighted by Gasteiger charge is -2.08. The Morgan fingerprint density at radius 3 is 2.52 bits per heavy atom. The van der Waals surface area contributed by atoms with E-state index in [0.29, 0.717) is 28.2 Å². The number of nitrogens with one attached hydrogen (secondary N) is 1. The number of benzene rings is 3. The predicted molar refractivity (Wildman–Crippen MR) is 108 cm³/mol. The minimum absolute atomic E-state index is 0.130. The van der Waals surface area contributed by atoms with E-state index in [1.54, 1.807) is 0 Å². The largest absolute Gasteiger partial charge is 0.436 e. The fourth-order valence-corrected chi connectivity index (χ4v) is 3.17. The van der Waals surface area contributed by atoms with Gasteiger partial charge in [0.15, 0.2) is 5.58 Å². The summed E-state index contributed by atoms with van der Waals surface area (Å²) in [6.45, 7) is 5.99. The first-order valence-corrected chi connectivity index (χ1v) is 8.86. The van der Waals surface area contributed by atoms with Crippen LogP contribution in [0.15, 0.2) is 65.1 Å². The molecule has 3 aromatic carbocycles.